The molecule has 0 unspecified atom stereocenters. The Morgan fingerprint density at radius 2 is 1.71 bits per heavy atom. The van der Waals surface area contributed by atoms with Gasteiger partial charge in [0.05, 0.1) is 13.2 Å². The van der Waals surface area contributed by atoms with E-state index in [0.717, 1.165) is 24.1 Å². The van der Waals surface area contributed by atoms with Gasteiger partial charge < -0.3 is 24.6 Å². The Morgan fingerprint density at radius 3 is 2.44 bits per heavy atom. The van der Waals surface area contributed by atoms with Crippen LogP contribution >= 0.6 is 11.6 Å². The summed E-state index contributed by atoms with van der Waals surface area (Å²) in [4.78, 5) is 29.8. The van der Waals surface area contributed by atoms with Gasteiger partial charge in [-0.3, -0.25) is 4.79 Å². The van der Waals surface area contributed by atoms with Crippen LogP contribution in [-0.2, 0) is 9.47 Å². The molecule has 3 amide bonds. The second kappa shape index (κ2) is 9.94. The summed E-state index contributed by atoms with van der Waals surface area (Å²) in [5.41, 5.74) is 2.52. The van der Waals surface area contributed by atoms with Crippen molar-refractivity contribution < 1.29 is 19.1 Å². The molecule has 3 fully saturated rings. The maximum atomic E-state index is 13.2. The lowest BCUT2D eigenvalue weighted by molar-refractivity contribution is -0.181. The molecule has 8 heteroatoms. The van der Waals surface area contributed by atoms with E-state index in [0.29, 0.717) is 62.8 Å². The molecule has 2 aromatic rings. The predicted octanol–water partition coefficient (Wildman–Crippen LogP) is 4.73. The summed E-state index contributed by atoms with van der Waals surface area (Å²) >= 11 is 5.94. The first-order valence-corrected chi connectivity index (χ1v) is 12.4. The van der Waals surface area contributed by atoms with E-state index in [1.54, 1.807) is 24.3 Å². The fourth-order valence-electron chi connectivity index (χ4n) is 5.11. The normalized spacial score (nSPS) is 22.1. The van der Waals surface area contributed by atoms with Crippen LogP contribution < -0.4 is 5.32 Å². The smallest absolute Gasteiger partial charge is 0.321 e. The summed E-state index contributed by atoms with van der Waals surface area (Å²) in [5.74, 6) is -0.248. The van der Waals surface area contributed by atoms with Crippen LogP contribution in [0.2, 0.25) is 5.02 Å². The topological polar surface area (TPSA) is 71.1 Å². The number of piperidine rings is 2. The summed E-state index contributed by atoms with van der Waals surface area (Å²) in [6.45, 7) is 3.86. The minimum Gasteiger partial charge on any atom is -0.347 e. The lowest BCUT2D eigenvalue weighted by atomic mass is 9.89. The van der Waals surface area contributed by atoms with Gasteiger partial charge in [0, 0.05) is 61.2 Å². The van der Waals surface area contributed by atoms with Crippen molar-refractivity contribution in [3.8, 4) is 0 Å². The third kappa shape index (κ3) is 5.06. The number of likely N-dealkylation sites (tertiary alicyclic amines) is 2. The van der Waals surface area contributed by atoms with Gasteiger partial charge >= 0.3 is 6.03 Å². The monoisotopic (exact) mass is 483 g/mol. The van der Waals surface area contributed by atoms with E-state index in [9.17, 15) is 9.59 Å². The van der Waals surface area contributed by atoms with Crippen LogP contribution in [-0.4, -0.2) is 66.9 Å². The van der Waals surface area contributed by atoms with Crippen LogP contribution in [0.3, 0.4) is 0 Å². The molecule has 1 spiro atoms. The molecular formula is C26H30ClN3O4. The summed E-state index contributed by atoms with van der Waals surface area (Å²) in [6, 6.07) is 14.9. The lowest BCUT2D eigenvalue weighted by Gasteiger charge is -2.37. The minimum atomic E-state index is -0.489. The molecular weight excluding hydrogens is 454 g/mol. The van der Waals surface area contributed by atoms with Gasteiger partial charge in [0.15, 0.2) is 5.79 Å². The number of ether oxygens (including phenoxy) is 2. The van der Waals surface area contributed by atoms with Gasteiger partial charge in [0.25, 0.3) is 5.91 Å². The summed E-state index contributed by atoms with van der Waals surface area (Å²) < 4.78 is 11.6. The van der Waals surface area contributed by atoms with Crippen LogP contribution in [0.15, 0.2) is 48.5 Å². The number of nitrogens with one attached hydrogen (secondary N) is 1. The Hall–Kier alpha value is -2.61. The highest BCUT2D eigenvalue weighted by Gasteiger charge is 2.41. The number of carbonyl (C=O) groups is 2. The Labute approximate surface area is 205 Å². The third-order valence-corrected chi connectivity index (χ3v) is 7.29. The van der Waals surface area contributed by atoms with Crippen molar-refractivity contribution in [2.45, 2.75) is 37.4 Å². The van der Waals surface area contributed by atoms with E-state index >= 15 is 0 Å². The number of hydrogen-bond donors (Lipinski definition) is 1. The van der Waals surface area contributed by atoms with Gasteiger partial charge in [0.1, 0.15) is 0 Å². The molecule has 3 saturated heterocycles. The molecule has 0 radical (unpaired) electrons. The fraction of sp³-hybridized carbons (Fsp3) is 0.462. The molecule has 3 heterocycles. The number of anilines is 1. The van der Waals surface area contributed by atoms with E-state index in [2.05, 4.69) is 11.4 Å². The van der Waals surface area contributed by atoms with E-state index in [1.807, 2.05) is 28.0 Å². The van der Waals surface area contributed by atoms with Gasteiger partial charge in [-0.25, -0.2) is 4.79 Å². The Kier molecular flexibility index (Phi) is 6.77. The zero-order valence-corrected chi connectivity index (χ0v) is 19.9. The highest BCUT2D eigenvalue weighted by Crippen LogP contribution is 2.32. The van der Waals surface area contributed by atoms with Gasteiger partial charge in [-0.1, -0.05) is 23.7 Å². The molecule has 180 valence electrons. The maximum Gasteiger partial charge on any atom is 0.321 e. The molecule has 0 aromatic heterocycles. The number of amides is 3. The average molecular weight is 484 g/mol. The van der Waals surface area contributed by atoms with E-state index < -0.39 is 5.79 Å². The van der Waals surface area contributed by atoms with Crippen molar-refractivity contribution in [2.24, 2.45) is 0 Å². The third-order valence-electron chi connectivity index (χ3n) is 7.04. The molecule has 5 rings (SSSR count). The van der Waals surface area contributed by atoms with Crippen molar-refractivity contribution in [3.63, 3.8) is 0 Å². The molecule has 0 bridgehead atoms. The first kappa shape index (κ1) is 23.1. The zero-order valence-electron chi connectivity index (χ0n) is 19.2. The lowest BCUT2D eigenvalue weighted by Crippen LogP contribution is -2.47. The van der Waals surface area contributed by atoms with Crippen LogP contribution in [0, 0.1) is 0 Å². The molecule has 1 N–H and O–H groups in total. The van der Waals surface area contributed by atoms with E-state index in [-0.39, 0.29) is 17.9 Å². The maximum absolute atomic E-state index is 13.2. The molecule has 0 aliphatic carbocycles. The molecule has 7 nitrogen and oxygen atoms in total. The molecule has 0 saturated carbocycles. The number of hydrogen-bond acceptors (Lipinski definition) is 4. The number of nitrogens with zero attached hydrogens (tertiary/aromatic N) is 2. The number of urea groups is 1. The second-order valence-electron chi connectivity index (χ2n) is 9.25. The fourth-order valence-corrected chi connectivity index (χ4v) is 5.24. The highest BCUT2D eigenvalue weighted by molar-refractivity contribution is 6.30. The van der Waals surface area contributed by atoms with Crippen molar-refractivity contribution >= 4 is 29.2 Å². The quantitative estimate of drug-likeness (QED) is 0.685. The first-order chi connectivity index (χ1) is 16.5. The highest BCUT2D eigenvalue weighted by atomic mass is 35.5. The van der Waals surface area contributed by atoms with E-state index in [4.69, 9.17) is 21.1 Å². The van der Waals surface area contributed by atoms with Crippen LogP contribution in [0.5, 0.6) is 0 Å². The van der Waals surface area contributed by atoms with Crippen molar-refractivity contribution in [1.82, 2.24) is 9.80 Å². The standard InChI is InChI=1S/C26H30ClN3O4/c27-22-6-8-23(9-7-22)28-25(32)30-12-2-5-21(18-30)19-3-1-4-20(17-19)24(31)29-13-10-26(11-14-29)33-15-16-34-26/h1,3-4,6-9,17,21H,2,5,10-16,18H2,(H,28,32)/t21-/m0/s1. The van der Waals surface area contributed by atoms with Gasteiger partial charge in [-0.2, -0.15) is 0 Å². The molecule has 2 aromatic carbocycles. The molecule has 1 atom stereocenters. The average Bonchev–Trinajstić information content (AvgIpc) is 3.33. The Morgan fingerprint density at radius 1 is 0.971 bits per heavy atom. The van der Waals surface area contributed by atoms with Crippen molar-refractivity contribution in [1.29, 1.82) is 0 Å². The molecule has 3 aliphatic heterocycles. The van der Waals surface area contributed by atoms with Crippen LogP contribution in [0.1, 0.15) is 47.5 Å². The van der Waals surface area contributed by atoms with Crippen LogP contribution in [0.25, 0.3) is 0 Å². The minimum absolute atomic E-state index is 0.0443. The summed E-state index contributed by atoms with van der Waals surface area (Å²) in [7, 11) is 0. The largest absolute Gasteiger partial charge is 0.347 e. The van der Waals surface area contributed by atoms with Gasteiger partial charge in [0.2, 0.25) is 0 Å². The Balaban J connectivity index is 1.21. The molecule has 34 heavy (non-hydrogen) atoms. The number of benzene rings is 2. The van der Waals surface area contributed by atoms with E-state index in [1.165, 1.54) is 0 Å². The van der Waals surface area contributed by atoms with Crippen LogP contribution in [0.4, 0.5) is 10.5 Å². The summed E-state index contributed by atoms with van der Waals surface area (Å²) in [5, 5.41) is 3.59. The number of halogens is 1. The number of carbonyl (C=O) groups excluding carboxylic acids is 2. The zero-order chi connectivity index (χ0) is 23.5. The molecule has 3 aliphatic rings. The first-order valence-electron chi connectivity index (χ1n) is 12.0. The second-order valence-corrected chi connectivity index (χ2v) is 9.68. The van der Waals surface area contributed by atoms with Crippen molar-refractivity contribution in [3.05, 3.63) is 64.7 Å². The van der Waals surface area contributed by atoms with Gasteiger partial charge in [-0.05, 0) is 54.8 Å². The van der Waals surface area contributed by atoms with Crippen molar-refractivity contribution in [2.75, 3.05) is 44.7 Å². The van der Waals surface area contributed by atoms with Gasteiger partial charge in [-0.15, -0.1) is 0 Å². The Bertz CT molecular complexity index is 1030. The summed E-state index contributed by atoms with van der Waals surface area (Å²) in [6.07, 6.45) is 3.33. The number of rotatable bonds is 3. The SMILES string of the molecule is O=C(Nc1ccc(Cl)cc1)N1CCC[C@H](c2cccc(C(=O)N3CCC4(CC3)OCCO4)c2)C1. The predicted molar refractivity (Wildman–Crippen MR) is 130 cm³/mol.